The number of nitrogens with zero attached hydrogens (tertiary/aromatic N) is 3. The van der Waals surface area contributed by atoms with Gasteiger partial charge in [-0.05, 0) is 122 Å². The van der Waals surface area contributed by atoms with Crippen LogP contribution in [0.4, 0.5) is 22.7 Å². The molecule has 1 aromatic heterocycles. The number of aryl methyl sites for hydroxylation is 2. The van der Waals surface area contributed by atoms with Gasteiger partial charge in [0.05, 0.1) is 28.8 Å². The van der Waals surface area contributed by atoms with Crippen LogP contribution in [-0.2, 0) is 0 Å². The molecule has 2 aliphatic rings. The van der Waals surface area contributed by atoms with Crippen molar-refractivity contribution in [1.29, 1.82) is 0 Å². The summed E-state index contributed by atoms with van der Waals surface area (Å²) in [5.74, 6) is 0. The second-order valence-corrected chi connectivity index (χ2v) is 18.6. The van der Waals surface area contributed by atoms with Gasteiger partial charge in [-0.15, -0.1) is 11.3 Å². The summed E-state index contributed by atoms with van der Waals surface area (Å²) in [4.78, 5) is 13.0. The number of fused-ring (bicyclic) bond motifs is 4. The molecule has 0 fully saturated rings. The number of benzene rings is 8. The van der Waals surface area contributed by atoms with E-state index in [4.69, 9.17) is 9.98 Å². The monoisotopic (exact) mass is 947 g/mol. The number of allylic oxidation sites excluding steroid dienone is 2. The summed E-state index contributed by atoms with van der Waals surface area (Å²) in [6, 6.07) is 65.4. The molecule has 2 unspecified atom stereocenters. The molecule has 9 aromatic rings. The Hall–Kier alpha value is -7.60. The van der Waals surface area contributed by atoms with Crippen LogP contribution in [0.5, 0.6) is 0 Å². The summed E-state index contributed by atoms with van der Waals surface area (Å²) in [5.41, 5.74) is 18.1. The van der Waals surface area contributed by atoms with Crippen molar-refractivity contribution >= 4 is 65.7 Å². The van der Waals surface area contributed by atoms with Crippen LogP contribution in [0.3, 0.4) is 0 Å². The van der Waals surface area contributed by atoms with Crippen molar-refractivity contribution in [2.45, 2.75) is 80.9 Å². The largest absolute Gasteiger partial charge is 0.360 e. The molecule has 0 radical (unpaired) electrons. The van der Waals surface area contributed by atoms with E-state index in [9.17, 15) is 0 Å². The first kappa shape index (κ1) is 49.8. The van der Waals surface area contributed by atoms with Crippen LogP contribution in [0.1, 0.15) is 87.5 Å². The fraction of sp³-hybridized carbons (Fsp3) is 0.182. The molecule has 1 aliphatic carbocycles. The summed E-state index contributed by atoms with van der Waals surface area (Å²) in [6.45, 7) is 18.6. The highest BCUT2D eigenvalue weighted by Crippen LogP contribution is 2.45. The zero-order valence-corrected chi connectivity index (χ0v) is 43.6. The zero-order valence-electron chi connectivity index (χ0n) is 42.7. The van der Waals surface area contributed by atoms with Crippen molar-refractivity contribution in [1.82, 2.24) is 0 Å². The Morgan fingerprint density at radius 3 is 1.90 bits per heavy atom. The lowest BCUT2D eigenvalue weighted by atomic mass is 9.92. The first-order valence-electron chi connectivity index (χ1n) is 25.2. The number of rotatable bonds is 8. The Bertz CT molecular complexity index is 3360. The number of anilines is 2. The van der Waals surface area contributed by atoms with Crippen LogP contribution >= 0.6 is 11.3 Å². The summed E-state index contributed by atoms with van der Waals surface area (Å²) in [7, 11) is 0. The maximum Gasteiger partial charge on any atom is 0.126 e. The molecule has 356 valence electrons. The van der Waals surface area contributed by atoms with Gasteiger partial charge in [-0.1, -0.05) is 203 Å². The molecule has 5 heteroatoms. The normalized spacial score (nSPS) is 14.9. The van der Waals surface area contributed by atoms with Gasteiger partial charge in [-0.25, -0.2) is 0 Å². The van der Waals surface area contributed by atoms with Crippen molar-refractivity contribution < 1.29 is 0 Å². The lowest BCUT2D eigenvalue weighted by Crippen LogP contribution is -2.37. The molecule has 8 aromatic carbocycles. The van der Waals surface area contributed by atoms with Crippen LogP contribution in [0.25, 0.3) is 42.4 Å². The van der Waals surface area contributed by atoms with Gasteiger partial charge in [0.2, 0.25) is 0 Å². The van der Waals surface area contributed by atoms with Gasteiger partial charge in [0.25, 0.3) is 0 Å². The topological polar surface area (TPSA) is 40.0 Å². The molecule has 2 heterocycles. The average molecular weight is 947 g/mol. The van der Waals surface area contributed by atoms with Crippen LogP contribution in [-0.4, -0.2) is 17.5 Å². The van der Waals surface area contributed by atoms with Gasteiger partial charge < -0.3 is 10.2 Å². The lowest BCUT2D eigenvalue weighted by Gasteiger charge is -2.34. The van der Waals surface area contributed by atoms with E-state index in [1.807, 2.05) is 63.3 Å². The minimum absolute atomic E-state index is 0.0259. The molecule has 71 heavy (non-hydrogen) atoms. The summed E-state index contributed by atoms with van der Waals surface area (Å²) in [6.07, 6.45) is 9.89. The predicted molar refractivity (Wildman–Crippen MR) is 312 cm³/mol. The van der Waals surface area contributed by atoms with E-state index in [0.29, 0.717) is 0 Å². The zero-order chi connectivity index (χ0) is 49.9. The van der Waals surface area contributed by atoms with Crippen molar-refractivity contribution in [2.75, 3.05) is 10.2 Å². The van der Waals surface area contributed by atoms with E-state index in [1.54, 1.807) is 0 Å². The first-order valence-corrected chi connectivity index (χ1v) is 26.0. The minimum atomic E-state index is 0.0259. The van der Waals surface area contributed by atoms with Crippen molar-refractivity contribution in [3.8, 4) is 22.3 Å². The number of para-hydroxylation sites is 3. The average Bonchev–Trinajstić information content (AvgIpc) is 4.01. The molecule has 0 saturated carbocycles. The van der Waals surface area contributed by atoms with Gasteiger partial charge in [0.15, 0.2) is 0 Å². The maximum absolute atomic E-state index is 5.53. The molecule has 0 bridgehead atoms. The summed E-state index contributed by atoms with van der Waals surface area (Å²) >= 11 is 1.84. The second kappa shape index (κ2) is 23.3. The van der Waals surface area contributed by atoms with Crippen molar-refractivity contribution in [3.05, 3.63) is 240 Å². The fourth-order valence-corrected chi connectivity index (χ4v) is 10.4. The number of hydrogen-bond acceptors (Lipinski definition) is 5. The third-order valence-corrected chi connectivity index (χ3v) is 14.2. The quantitative estimate of drug-likeness (QED) is 0.154. The van der Waals surface area contributed by atoms with Crippen LogP contribution in [0.15, 0.2) is 216 Å². The molecular weight excluding hydrogens is 881 g/mol. The van der Waals surface area contributed by atoms with E-state index >= 15 is 0 Å². The number of thiophene rings is 1. The highest BCUT2D eigenvalue weighted by atomic mass is 32.1. The van der Waals surface area contributed by atoms with Crippen molar-refractivity contribution in [2.24, 2.45) is 9.98 Å². The molecule has 1 N–H and O–H groups in total. The Balaban J connectivity index is 0.000000556. The van der Waals surface area contributed by atoms with E-state index in [0.717, 1.165) is 62.6 Å². The fourth-order valence-electron chi connectivity index (χ4n) is 9.34. The Morgan fingerprint density at radius 2 is 1.18 bits per heavy atom. The van der Waals surface area contributed by atoms with Gasteiger partial charge in [-0.2, -0.15) is 0 Å². The molecule has 0 amide bonds. The number of hydrogen-bond donors (Lipinski definition) is 1. The standard InChI is InChI=1S/C55H46N4S.C7H8.2C2H6/c1-35-14-8-10-18-49(35)56-37(3)39-22-24-40(25-23-39)45-31-32-46(54(36(45)2)57-38(4)43-30-33-53-48(34-43)47-17-9-13-21-52(47)60-53)41-26-28-42(29-27-41)55-58-50-19-11-12-20-51(50)59(55)44-15-6-5-7-16-44;1-7-5-3-2-4-6-7;2*1-2/h5-15,17-34,44,55,58H,16H2,1-4H3;2-6H,1H3;2*1-2H3. The van der Waals surface area contributed by atoms with Gasteiger partial charge in [0.1, 0.15) is 6.17 Å². The van der Waals surface area contributed by atoms with Gasteiger partial charge in [-0.3, -0.25) is 9.98 Å². The predicted octanol–water partition coefficient (Wildman–Crippen LogP) is 19.1. The van der Waals surface area contributed by atoms with E-state index in [1.165, 1.54) is 53.8 Å². The highest BCUT2D eigenvalue weighted by Gasteiger charge is 2.34. The molecule has 0 spiro atoms. The van der Waals surface area contributed by atoms with Crippen molar-refractivity contribution in [3.63, 3.8) is 0 Å². The third kappa shape index (κ3) is 11.1. The minimum Gasteiger partial charge on any atom is -0.360 e. The van der Waals surface area contributed by atoms with Crippen LogP contribution in [0.2, 0.25) is 0 Å². The Morgan fingerprint density at radius 1 is 0.563 bits per heavy atom. The Kier molecular flexibility index (Phi) is 16.4. The van der Waals surface area contributed by atoms with E-state index < -0.39 is 0 Å². The lowest BCUT2D eigenvalue weighted by molar-refractivity contribution is 0.633. The molecule has 2 atom stereocenters. The van der Waals surface area contributed by atoms with Gasteiger partial charge >= 0.3 is 0 Å². The number of aliphatic imine (C=N–C) groups is 2. The van der Waals surface area contributed by atoms with Crippen LogP contribution in [0, 0.1) is 20.8 Å². The maximum atomic E-state index is 5.53. The molecule has 4 nitrogen and oxygen atoms in total. The van der Waals surface area contributed by atoms with E-state index in [2.05, 4.69) is 227 Å². The highest BCUT2D eigenvalue weighted by molar-refractivity contribution is 7.25. The second-order valence-electron chi connectivity index (χ2n) is 17.6. The SMILES string of the molecule is CC.CC.CC(=Nc1ccccc1C)c1ccc(-c2ccc(-c3ccc(C4Nc5ccccc5N4C4C=CC=CC4)cc3)c(N=C(C)c3ccc4sc5ccccc5c4c3)c2C)cc1.Cc1ccccc1. The van der Waals surface area contributed by atoms with E-state index in [-0.39, 0.29) is 12.2 Å². The molecule has 0 saturated heterocycles. The molecule has 11 rings (SSSR count). The molecular formula is C66H66N4S. The first-order chi connectivity index (χ1) is 34.8. The third-order valence-electron chi connectivity index (χ3n) is 13.1. The summed E-state index contributed by atoms with van der Waals surface area (Å²) in [5, 5.41) is 6.41. The molecule has 1 aliphatic heterocycles. The van der Waals surface area contributed by atoms with Gasteiger partial charge in [0, 0.05) is 37.2 Å². The Labute approximate surface area is 426 Å². The number of nitrogens with one attached hydrogen (secondary N) is 1. The summed E-state index contributed by atoms with van der Waals surface area (Å²) < 4.78 is 2.60. The smallest absolute Gasteiger partial charge is 0.126 e. The van der Waals surface area contributed by atoms with Crippen LogP contribution < -0.4 is 10.2 Å².